The molecule has 1 atom stereocenters. The Kier molecular flexibility index (Phi) is 8.14. The zero-order valence-corrected chi connectivity index (χ0v) is 18.9. The lowest BCUT2D eigenvalue weighted by molar-refractivity contribution is -0.143. The van der Waals surface area contributed by atoms with Crippen LogP contribution >= 0.6 is 24.0 Å². The van der Waals surface area contributed by atoms with Crippen molar-refractivity contribution in [2.24, 2.45) is 18.0 Å². The molecule has 1 unspecified atom stereocenters. The van der Waals surface area contributed by atoms with Crippen molar-refractivity contribution in [3.05, 3.63) is 12.4 Å². The van der Waals surface area contributed by atoms with Crippen LogP contribution in [0.1, 0.15) is 6.42 Å². The third kappa shape index (κ3) is 6.46. The van der Waals surface area contributed by atoms with Gasteiger partial charge in [0.2, 0.25) is 5.91 Å². The minimum absolute atomic E-state index is 0. The highest BCUT2D eigenvalue weighted by Crippen LogP contribution is 2.22. The maximum atomic E-state index is 12.5. The third-order valence-electron chi connectivity index (χ3n) is 5.06. The van der Waals surface area contributed by atoms with Crippen molar-refractivity contribution in [1.82, 2.24) is 24.9 Å². The van der Waals surface area contributed by atoms with Crippen LogP contribution in [-0.2, 0) is 11.8 Å². The lowest BCUT2D eigenvalue weighted by Gasteiger charge is -2.35. The van der Waals surface area contributed by atoms with Crippen molar-refractivity contribution in [1.29, 1.82) is 0 Å². The molecule has 3 heterocycles. The zero-order valence-electron chi connectivity index (χ0n) is 16.5. The molecule has 1 N–H and O–H groups in total. The summed E-state index contributed by atoms with van der Waals surface area (Å²) >= 11 is 0. The molecule has 8 nitrogen and oxygen atoms in total. The fourth-order valence-corrected chi connectivity index (χ4v) is 3.72. The number of anilines is 1. The number of amides is 1. The molecule has 0 aromatic carbocycles. The molecule has 2 saturated heterocycles. The Morgan fingerprint density at radius 3 is 2.69 bits per heavy atom. The molecular formula is C17H27F3IN7O. The molecule has 0 aliphatic carbocycles. The van der Waals surface area contributed by atoms with E-state index in [1.165, 1.54) is 4.90 Å². The molecule has 2 fully saturated rings. The van der Waals surface area contributed by atoms with E-state index in [1.54, 1.807) is 36.1 Å². The first-order valence-electron chi connectivity index (χ1n) is 9.29. The molecule has 1 aromatic rings. The molecule has 29 heavy (non-hydrogen) atoms. The summed E-state index contributed by atoms with van der Waals surface area (Å²) in [6.45, 7) is 1.88. The average molecular weight is 529 g/mol. The van der Waals surface area contributed by atoms with E-state index >= 15 is 0 Å². The minimum Gasteiger partial charge on any atom is -0.356 e. The SMILES string of the molecule is CN=C(NCC1CCN(CC(F)(F)F)C1)N1CCN(c2cnn(C)c2)C(=O)C1.I. The molecule has 12 heteroatoms. The summed E-state index contributed by atoms with van der Waals surface area (Å²) in [5, 5.41) is 7.32. The van der Waals surface area contributed by atoms with E-state index in [0.717, 1.165) is 5.69 Å². The first kappa shape index (κ1) is 23.7. The van der Waals surface area contributed by atoms with Crippen LogP contribution in [0.4, 0.5) is 18.9 Å². The van der Waals surface area contributed by atoms with Crippen molar-refractivity contribution >= 4 is 41.5 Å². The summed E-state index contributed by atoms with van der Waals surface area (Å²) in [5.74, 6) is 0.694. The van der Waals surface area contributed by atoms with Crippen LogP contribution in [0.25, 0.3) is 0 Å². The van der Waals surface area contributed by atoms with Gasteiger partial charge in [0.1, 0.15) is 6.54 Å². The number of aromatic nitrogens is 2. The maximum absolute atomic E-state index is 12.5. The quantitative estimate of drug-likeness (QED) is 0.360. The van der Waals surface area contributed by atoms with Crippen molar-refractivity contribution in [3.8, 4) is 0 Å². The van der Waals surface area contributed by atoms with Crippen LogP contribution < -0.4 is 10.2 Å². The van der Waals surface area contributed by atoms with E-state index in [4.69, 9.17) is 0 Å². The van der Waals surface area contributed by atoms with E-state index in [2.05, 4.69) is 15.4 Å². The van der Waals surface area contributed by atoms with E-state index in [1.807, 2.05) is 4.90 Å². The number of nitrogens with zero attached hydrogens (tertiary/aromatic N) is 6. The molecule has 2 aliphatic heterocycles. The first-order chi connectivity index (χ1) is 13.2. The second-order valence-electron chi connectivity index (χ2n) is 7.27. The highest BCUT2D eigenvalue weighted by atomic mass is 127. The average Bonchev–Trinajstić information content (AvgIpc) is 3.23. The van der Waals surface area contributed by atoms with Crippen molar-refractivity contribution in [2.75, 3.05) is 57.8 Å². The van der Waals surface area contributed by atoms with Crippen molar-refractivity contribution in [2.45, 2.75) is 12.6 Å². The summed E-state index contributed by atoms with van der Waals surface area (Å²) in [7, 11) is 3.44. The first-order valence-corrected chi connectivity index (χ1v) is 9.29. The number of carbonyl (C=O) groups excluding carboxylic acids is 1. The molecular weight excluding hydrogens is 502 g/mol. The van der Waals surface area contributed by atoms with Crippen LogP contribution in [0, 0.1) is 5.92 Å². The number of alkyl halides is 3. The van der Waals surface area contributed by atoms with Gasteiger partial charge in [-0.3, -0.25) is 19.4 Å². The Hall–Kier alpha value is -1.57. The van der Waals surface area contributed by atoms with Crippen molar-refractivity contribution in [3.63, 3.8) is 0 Å². The van der Waals surface area contributed by atoms with Gasteiger partial charge in [-0.1, -0.05) is 0 Å². The highest BCUT2D eigenvalue weighted by Gasteiger charge is 2.34. The van der Waals surface area contributed by atoms with Gasteiger partial charge in [0.15, 0.2) is 5.96 Å². The molecule has 0 saturated carbocycles. The number of guanidine groups is 1. The second kappa shape index (κ2) is 9.96. The molecule has 0 spiro atoms. The van der Waals surface area contributed by atoms with Crippen LogP contribution in [0.15, 0.2) is 17.4 Å². The minimum atomic E-state index is -4.16. The number of aryl methyl sites for hydroxylation is 1. The van der Waals surface area contributed by atoms with Gasteiger partial charge in [0.25, 0.3) is 0 Å². The predicted molar refractivity (Wildman–Crippen MR) is 115 cm³/mol. The lowest BCUT2D eigenvalue weighted by atomic mass is 10.1. The number of nitrogens with one attached hydrogen (secondary N) is 1. The van der Waals surface area contributed by atoms with Gasteiger partial charge in [-0.2, -0.15) is 18.3 Å². The molecule has 2 aliphatic rings. The molecule has 0 radical (unpaired) electrons. The Labute approximate surface area is 185 Å². The third-order valence-corrected chi connectivity index (χ3v) is 5.06. The number of likely N-dealkylation sites (tertiary alicyclic amines) is 1. The van der Waals surface area contributed by atoms with Gasteiger partial charge in [0, 0.05) is 46.5 Å². The molecule has 1 amide bonds. The van der Waals surface area contributed by atoms with Gasteiger partial charge in [-0.15, -0.1) is 24.0 Å². The van der Waals surface area contributed by atoms with Gasteiger partial charge < -0.3 is 15.1 Å². The highest BCUT2D eigenvalue weighted by molar-refractivity contribution is 14.0. The van der Waals surface area contributed by atoms with Crippen LogP contribution in [0.2, 0.25) is 0 Å². The number of piperazine rings is 1. The number of rotatable bonds is 4. The Bertz CT molecular complexity index is 724. The molecule has 3 rings (SSSR count). The summed E-state index contributed by atoms with van der Waals surface area (Å²) in [6.07, 6.45) is 0.0152. The Morgan fingerprint density at radius 1 is 1.34 bits per heavy atom. The molecule has 1 aromatic heterocycles. The van der Waals surface area contributed by atoms with Crippen LogP contribution in [0.5, 0.6) is 0 Å². The number of hydrogen-bond donors (Lipinski definition) is 1. The van der Waals surface area contributed by atoms with E-state index in [0.29, 0.717) is 45.1 Å². The van der Waals surface area contributed by atoms with Gasteiger partial charge in [-0.25, -0.2) is 0 Å². The largest absolute Gasteiger partial charge is 0.401 e. The normalized spacial score (nSPS) is 21.5. The Morgan fingerprint density at radius 2 is 2.10 bits per heavy atom. The predicted octanol–water partition coefficient (Wildman–Crippen LogP) is 1.15. The summed E-state index contributed by atoms with van der Waals surface area (Å²) in [4.78, 5) is 21.8. The van der Waals surface area contributed by atoms with Crippen molar-refractivity contribution < 1.29 is 18.0 Å². The Balaban J connectivity index is 0.00000300. The molecule has 0 bridgehead atoms. The number of hydrogen-bond acceptors (Lipinski definition) is 4. The maximum Gasteiger partial charge on any atom is 0.401 e. The zero-order chi connectivity index (χ0) is 20.3. The fraction of sp³-hybridized carbons (Fsp3) is 0.706. The van der Waals surface area contributed by atoms with E-state index < -0.39 is 12.7 Å². The summed E-state index contributed by atoms with van der Waals surface area (Å²) in [5.41, 5.74) is 0.769. The van der Waals surface area contributed by atoms with Gasteiger partial charge >= 0.3 is 6.18 Å². The number of aliphatic imine (C=N–C) groups is 1. The summed E-state index contributed by atoms with van der Waals surface area (Å²) in [6, 6.07) is 0. The number of carbonyl (C=O) groups is 1. The summed E-state index contributed by atoms with van der Waals surface area (Å²) < 4.78 is 39.2. The second-order valence-corrected chi connectivity index (χ2v) is 7.27. The van der Waals surface area contributed by atoms with Crippen LogP contribution in [0.3, 0.4) is 0 Å². The van der Waals surface area contributed by atoms with Gasteiger partial charge in [-0.05, 0) is 18.9 Å². The number of halogens is 4. The smallest absolute Gasteiger partial charge is 0.356 e. The monoisotopic (exact) mass is 529 g/mol. The standard InChI is InChI=1S/C17H26F3N7O.HI/c1-21-16(22-7-13-3-4-25(9-13)12-17(18,19)20)26-5-6-27(15(28)11-26)14-8-23-24(2)10-14;/h8,10,13H,3-7,9,11-12H2,1-2H3,(H,21,22);1H. The fourth-order valence-electron chi connectivity index (χ4n) is 3.72. The lowest BCUT2D eigenvalue weighted by Crippen LogP contribution is -2.55. The topological polar surface area (TPSA) is 69.0 Å². The molecule has 164 valence electrons. The van der Waals surface area contributed by atoms with Crippen LogP contribution in [-0.4, -0.2) is 90.5 Å². The van der Waals surface area contributed by atoms with E-state index in [9.17, 15) is 18.0 Å². The van der Waals surface area contributed by atoms with E-state index in [-0.39, 0.29) is 42.3 Å². The van der Waals surface area contributed by atoms with Gasteiger partial charge in [0.05, 0.1) is 18.4 Å².